The molecule has 0 unspecified atom stereocenters. The number of anilines is 3. The first-order valence-electron chi connectivity index (χ1n) is 8.18. The lowest BCUT2D eigenvalue weighted by Gasteiger charge is -2.15. The number of amides is 1. The smallest absolute Gasteiger partial charge is 0.407 e. The van der Waals surface area contributed by atoms with Crippen LogP contribution in [0.3, 0.4) is 0 Å². The number of ether oxygens (including phenoxy) is 1. The van der Waals surface area contributed by atoms with Gasteiger partial charge in [0.05, 0.1) is 23.4 Å². The molecule has 4 N–H and O–H groups in total. The highest BCUT2D eigenvalue weighted by molar-refractivity contribution is 9.10. The lowest BCUT2D eigenvalue weighted by atomic mass is 10.2. The number of fused-ring (bicyclic) bond motifs is 1. The van der Waals surface area contributed by atoms with Gasteiger partial charge in [0.2, 0.25) is 0 Å². The number of nitrogens with zero attached hydrogens (tertiary/aromatic N) is 3. The highest BCUT2D eigenvalue weighted by Crippen LogP contribution is 2.32. The summed E-state index contributed by atoms with van der Waals surface area (Å²) in [5, 5.41) is 12.4. The Morgan fingerprint density at radius 2 is 2.14 bits per heavy atom. The quantitative estimate of drug-likeness (QED) is 0.489. The highest BCUT2D eigenvalue weighted by atomic mass is 79.9. The first-order valence-corrected chi connectivity index (χ1v) is 8.97. The average Bonchev–Trinajstić information content (AvgIpc) is 2.64. The minimum Gasteiger partial charge on any atom is -0.489 e. The number of carboxylic acid groups (broad SMARTS) is 1. The van der Waals surface area contributed by atoms with Gasteiger partial charge >= 0.3 is 6.09 Å². The predicted octanol–water partition coefficient (Wildman–Crippen LogP) is 3.85. The van der Waals surface area contributed by atoms with Gasteiger partial charge in [-0.2, -0.15) is 0 Å². The maximum atomic E-state index is 14.1. The second-order valence-electron chi connectivity index (χ2n) is 5.93. The van der Waals surface area contributed by atoms with Gasteiger partial charge in [-0.15, -0.1) is 0 Å². The maximum absolute atomic E-state index is 14.1. The minimum atomic E-state index is -1.04. The number of likely N-dealkylation sites (N-methyl/N-ethyl adjacent to an activating group) is 1. The molecule has 3 rings (SSSR count). The normalized spacial score (nSPS) is 10.7. The van der Waals surface area contributed by atoms with Crippen molar-refractivity contribution in [2.45, 2.75) is 0 Å². The average molecular weight is 450 g/mol. The number of nitrogens with one attached hydrogen (secondary N) is 1. The summed E-state index contributed by atoms with van der Waals surface area (Å²) in [5.74, 6) is 0.345. The molecule has 0 aliphatic heterocycles. The van der Waals surface area contributed by atoms with Crippen LogP contribution in [-0.2, 0) is 0 Å². The van der Waals surface area contributed by atoms with Crippen molar-refractivity contribution < 1.29 is 19.0 Å². The number of nitrogens with two attached hydrogens (primary N) is 1. The molecule has 0 aliphatic carbocycles. The number of halogens is 2. The zero-order valence-corrected chi connectivity index (χ0v) is 16.4. The summed E-state index contributed by atoms with van der Waals surface area (Å²) in [7, 11) is 1.45. The summed E-state index contributed by atoms with van der Waals surface area (Å²) in [6, 6.07) is 7.91. The van der Waals surface area contributed by atoms with Crippen LogP contribution in [0.5, 0.6) is 5.75 Å². The van der Waals surface area contributed by atoms with E-state index >= 15 is 0 Å². The van der Waals surface area contributed by atoms with Crippen LogP contribution in [0.25, 0.3) is 10.9 Å². The Hall–Kier alpha value is -3.14. The molecule has 1 amide bonds. The zero-order valence-electron chi connectivity index (χ0n) is 14.8. The summed E-state index contributed by atoms with van der Waals surface area (Å²) in [4.78, 5) is 20.3. The Labute approximate surface area is 168 Å². The van der Waals surface area contributed by atoms with E-state index in [1.165, 1.54) is 19.4 Å². The van der Waals surface area contributed by atoms with Gasteiger partial charge in [0.15, 0.2) is 0 Å². The molecule has 1 aromatic heterocycles. The van der Waals surface area contributed by atoms with Crippen molar-refractivity contribution in [3.63, 3.8) is 0 Å². The van der Waals surface area contributed by atoms with Crippen molar-refractivity contribution in [3.05, 3.63) is 46.9 Å². The van der Waals surface area contributed by atoms with Crippen molar-refractivity contribution in [3.8, 4) is 5.75 Å². The topological polar surface area (TPSA) is 114 Å². The van der Waals surface area contributed by atoms with E-state index in [4.69, 9.17) is 15.6 Å². The van der Waals surface area contributed by atoms with Gasteiger partial charge in [-0.3, -0.25) is 0 Å². The van der Waals surface area contributed by atoms with E-state index in [9.17, 15) is 9.18 Å². The fraction of sp³-hybridized carbons (Fsp3) is 0.167. The second kappa shape index (κ2) is 8.26. The molecular formula is C18H17BrFN5O3. The van der Waals surface area contributed by atoms with Crippen LogP contribution >= 0.6 is 15.9 Å². The first-order chi connectivity index (χ1) is 13.3. The molecule has 0 saturated heterocycles. The van der Waals surface area contributed by atoms with Gasteiger partial charge in [0.1, 0.15) is 30.3 Å². The van der Waals surface area contributed by atoms with Crippen molar-refractivity contribution in [2.75, 3.05) is 31.2 Å². The molecule has 0 atom stereocenters. The van der Waals surface area contributed by atoms with E-state index in [2.05, 4.69) is 31.2 Å². The largest absolute Gasteiger partial charge is 0.489 e. The van der Waals surface area contributed by atoms with Gasteiger partial charge in [-0.1, -0.05) is 15.9 Å². The van der Waals surface area contributed by atoms with Crippen LogP contribution in [0.4, 0.5) is 26.4 Å². The van der Waals surface area contributed by atoms with Crippen LogP contribution in [0.1, 0.15) is 0 Å². The second-order valence-corrected chi connectivity index (χ2v) is 6.85. The third-order valence-corrected chi connectivity index (χ3v) is 4.46. The molecular weight excluding hydrogens is 433 g/mol. The molecule has 10 heteroatoms. The molecule has 0 radical (unpaired) electrons. The molecule has 0 aliphatic rings. The van der Waals surface area contributed by atoms with Gasteiger partial charge in [0.25, 0.3) is 0 Å². The first kappa shape index (κ1) is 19.6. The number of benzene rings is 2. The summed E-state index contributed by atoms with van der Waals surface area (Å²) in [6.45, 7) is 0.324. The van der Waals surface area contributed by atoms with Crippen molar-refractivity contribution in [2.24, 2.45) is 0 Å². The molecule has 0 fully saturated rings. The van der Waals surface area contributed by atoms with Gasteiger partial charge in [-0.05, 0) is 24.3 Å². The fourth-order valence-electron chi connectivity index (χ4n) is 2.43. The maximum Gasteiger partial charge on any atom is 0.407 e. The standard InChI is InChI=1S/C18H17BrFN5O3/c1-25(18(26)27)4-5-28-16-8-15-11(7-13(16)21)17(23-9-22-15)24-14-3-2-10(19)6-12(14)20/h2-3,6-9H,4-5,21H2,1H3,(H,26,27)(H,22,23,24). The van der Waals surface area contributed by atoms with Crippen LogP contribution in [0, 0.1) is 5.82 Å². The van der Waals surface area contributed by atoms with Crippen molar-refractivity contribution in [1.29, 1.82) is 0 Å². The Morgan fingerprint density at radius 1 is 1.36 bits per heavy atom. The van der Waals surface area contributed by atoms with Crippen molar-refractivity contribution in [1.82, 2.24) is 14.9 Å². The lowest BCUT2D eigenvalue weighted by molar-refractivity contribution is 0.147. The third kappa shape index (κ3) is 4.39. The van der Waals surface area contributed by atoms with Crippen LogP contribution in [0.2, 0.25) is 0 Å². The predicted molar refractivity (Wildman–Crippen MR) is 107 cm³/mol. The lowest BCUT2D eigenvalue weighted by Crippen LogP contribution is -2.29. The van der Waals surface area contributed by atoms with Crippen molar-refractivity contribution >= 4 is 50.1 Å². The van der Waals surface area contributed by atoms with E-state index in [1.807, 2.05) is 0 Å². The third-order valence-electron chi connectivity index (χ3n) is 3.96. The van der Waals surface area contributed by atoms with Gasteiger partial charge in [0, 0.05) is 23.0 Å². The molecule has 3 aromatic rings. The van der Waals surface area contributed by atoms with E-state index < -0.39 is 11.9 Å². The summed E-state index contributed by atoms with van der Waals surface area (Å²) < 4.78 is 20.3. The van der Waals surface area contributed by atoms with Gasteiger partial charge in [-0.25, -0.2) is 19.2 Å². The SMILES string of the molecule is CN(CCOc1cc2ncnc(Nc3ccc(Br)cc3F)c2cc1N)C(=O)O. The number of rotatable bonds is 6. The van der Waals surface area contributed by atoms with E-state index in [1.54, 1.807) is 24.3 Å². The monoisotopic (exact) mass is 449 g/mol. The van der Waals surface area contributed by atoms with E-state index in [0.717, 1.165) is 4.90 Å². The Bertz CT molecular complexity index is 1030. The fourth-order valence-corrected chi connectivity index (χ4v) is 2.77. The molecule has 146 valence electrons. The molecule has 8 nitrogen and oxygen atoms in total. The molecule has 0 saturated carbocycles. The number of hydrogen-bond donors (Lipinski definition) is 3. The Balaban J connectivity index is 1.84. The highest BCUT2D eigenvalue weighted by Gasteiger charge is 2.12. The van der Waals surface area contributed by atoms with Crippen LogP contribution < -0.4 is 15.8 Å². The van der Waals surface area contributed by atoms with E-state index in [-0.39, 0.29) is 18.8 Å². The van der Waals surface area contributed by atoms with Crippen LogP contribution in [0.15, 0.2) is 41.1 Å². The van der Waals surface area contributed by atoms with Gasteiger partial charge < -0.3 is 25.8 Å². The van der Waals surface area contributed by atoms with E-state index in [0.29, 0.717) is 32.6 Å². The number of aromatic nitrogens is 2. The van der Waals surface area contributed by atoms with Crippen LogP contribution in [-0.4, -0.2) is 46.3 Å². The number of hydrogen-bond acceptors (Lipinski definition) is 6. The Kier molecular flexibility index (Phi) is 5.78. The molecule has 0 bridgehead atoms. The Morgan fingerprint density at radius 3 is 2.86 bits per heavy atom. The molecule has 28 heavy (non-hydrogen) atoms. The summed E-state index contributed by atoms with van der Waals surface area (Å²) in [5.41, 5.74) is 7.20. The summed E-state index contributed by atoms with van der Waals surface area (Å²) in [6.07, 6.45) is 0.304. The molecule has 1 heterocycles. The zero-order chi connectivity index (χ0) is 20.3. The summed E-state index contributed by atoms with van der Waals surface area (Å²) >= 11 is 3.22. The number of nitrogen functional groups attached to an aromatic ring is 1. The minimum absolute atomic E-state index is 0.138. The number of carbonyl (C=O) groups is 1. The molecule has 0 spiro atoms. The molecule has 2 aromatic carbocycles.